The summed E-state index contributed by atoms with van der Waals surface area (Å²) >= 11 is 6.06. The van der Waals surface area contributed by atoms with Gasteiger partial charge in [-0.25, -0.2) is 8.42 Å². The van der Waals surface area contributed by atoms with Crippen LogP contribution in [-0.4, -0.2) is 45.8 Å². The highest BCUT2D eigenvalue weighted by molar-refractivity contribution is 7.90. The Labute approximate surface area is 167 Å². The average molecular weight is 408 g/mol. The van der Waals surface area contributed by atoms with Crippen LogP contribution in [0.5, 0.6) is 5.75 Å². The van der Waals surface area contributed by atoms with Gasteiger partial charge in [0, 0.05) is 36.8 Å². The number of likely N-dealkylation sites (tertiary alicyclic amines) is 1. The average Bonchev–Trinajstić information content (AvgIpc) is 2.98. The molecule has 1 fully saturated rings. The summed E-state index contributed by atoms with van der Waals surface area (Å²) in [5, 5.41) is 0.787. The van der Waals surface area contributed by atoms with Crippen LogP contribution in [0.15, 0.2) is 53.4 Å². The topological polar surface area (TPSA) is 46.6 Å². The maximum Gasteiger partial charge on any atom is 0.175 e. The van der Waals surface area contributed by atoms with Crippen molar-refractivity contribution in [3.8, 4) is 5.75 Å². The zero-order valence-electron chi connectivity index (χ0n) is 15.8. The Hall–Kier alpha value is -1.56. The first-order chi connectivity index (χ1) is 12.8. The highest BCUT2D eigenvalue weighted by Crippen LogP contribution is 2.25. The van der Waals surface area contributed by atoms with Gasteiger partial charge < -0.3 is 9.64 Å². The molecule has 0 aromatic heterocycles. The molecule has 2 atom stereocenters. The van der Waals surface area contributed by atoms with Gasteiger partial charge in [0.05, 0.1) is 11.5 Å². The zero-order valence-corrected chi connectivity index (χ0v) is 17.3. The fourth-order valence-electron chi connectivity index (χ4n) is 3.51. The molecule has 0 spiro atoms. The third kappa shape index (κ3) is 5.71. The number of ether oxygens (including phenoxy) is 1. The van der Waals surface area contributed by atoms with E-state index in [1.54, 1.807) is 24.3 Å². The summed E-state index contributed by atoms with van der Waals surface area (Å²) in [6, 6.07) is 14.7. The molecule has 0 bridgehead atoms. The predicted octanol–water partition coefficient (Wildman–Crippen LogP) is 3.93. The molecule has 2 aromatic carbocycles. The van der Waals surface area contributed by atoms with E-state index >= 15 is 0 Å². The zero-order chi connectivity index (χ0) is 19.4. The number of sulfone groups is 1. The summed E-state index contributed by atoms with van der Waals surface area (Å²) in [4.78, 5) is 2.79. The van der Waals surface area contributed by atoms with Crippen LogP contribution in [-0.2, 0) is 16.3 Å². The molecule has 0 radical (unpaired) electrons. The van der Waals surface area contributed by atoms with Gasteiger partial charge in [0.1, 0.15) is 5.75 Å². The van der Waals surface area contributed by atoms with Crippen LogP contribution < -0.4 is 4.74 Å². The van der Waals surface area contributed by atoms with Crippen LogP contribution in [0.1, 0.15) is 12.5 Å². The second-order valence-electron chi connectivity index (χ2n) is 7.43. The third-order valence-electron chi connectivity index (χ3n) is 5.17. The van der Waals surface area contributed by atoms with Crippen LogP contribution in [0.4, 0.5) is 0 Å². The van der Waals surface area contributed by atoms with Crippen molar-refractivity contribution in [3.05, 3.63) is 59.1 Å². The molecule has 1 heterocycles. The molecule has 0 amide bonds. The van der Waals surface area contributed by atoms with Gasteiger partial charge >= 0.3 is 0 Å². The van der Waals surface area contributed by atoms with Crippen molar-refractivity contribution in [2.24, 2.45) is 11.8 Å². The van der Waals surface area contributed by atoms with E-state index in [0.717, 1.165) is 31.1 Å². The summed E-state index contributed by atoms with van der Waals surface area (Å²) < 4.78 is 29.0. The van der Waals surface area contributed by atoms with Crippen LogP contribution in [0.2, 0.25) is 5.02 Å². The van der Waals surface area contributed by atoms with Crippen molar-refractivity contribution in [1.29, 1.82) is 0 Å². The van der Waals surface area contributed by atoms with Crippen molar-refractivity contribution < 1.29 is 13.2 Å². The number of hydrogen-bond donors (Lipinski definition) is 0. The smallest absolute Gasteiger partial charge is 0.175 e. The van der Waals surface area contributed by atoms with E-state index in [1.807, 2.05) is 18.2 Å². The van der Waals surface area contributed by atoms with Gasteiger partial charge in [-0.1, -0.05) is 30.7 Å². The molecule has 3 rings (SSSR count). The van der Waals surface area contributed by atoms with Gasteiger partial charge in [-0.3, -0.25) is 0 Å². The maximum atomic E-state index is 11.5. The number of hydrogen-bond acceptors (Lipinski definition) is 4. The lowest BCUT2D eigenvalue weighted by Crippen LogP contribution is -2.24. The molecule has 1 saturated heterocycles. The molecule has 27 heavy (non-hydrogen) atoms. The van der Waals surface area contributed by atoms with Crippen LogP contribution in [0, 0.1) is 11.8 Å². The summed E-state index contributed by atoms with van der Waals surface area (Å²) in [6.07, 6.45) is 2.20. The van der Waals surface area contributed by atoms with Crippen molar-refractivity contribution in [2.45, 2.75) is 18.2 Å². The second kappa shape index (κ2) is 8.63. The van der Waals surface area contributed by atoms with Gasteiger partial charge in [0.25, 0.3) is 0 Å². The summed E-state index contributed by atoms with van der Waals surface area (Å²) in [7, 11) is -3.17. The van der Waals surface area contributed by atoms with Crippen LogP contribution >= 0.6 is 11.6 Å². The van der Waals surface area contributed by atoms with Crippen molar-refractivity contribution in [1.82, 2.24) is 4.90 Å². The molecule has 1 aliphatic rings. The summed E-state index contributed by atoms with van der Waals surface area (Å²) in [5.74, 6) is 1.76. The summed E-state index contributed by atoms with van der Waals surface area (Å²) in [5.41, 5.74) is 1.26. The predicted molar refractivity (Wildman–Crippen MR) is 109 cm³/mol. The fraction of sp³-hybridized carbons (Fsp3) is 0.429. The van der Waals surface area contributed by atoms with Gasteiger partial charge in [0.15, 0.2) is 9.84 Å². The molecule has 1 unspecified atom stereocenters. The van der Waals surface area contributed by atoms with Gasteiger partial charge in [-0.15, -0.1) is 0 Å². The van der Waals surface area contributed by atoms with Gasteiger partial charge in [-0.2, -0.15) is 0 Å². The van der Waals surface area contributed by atoms with Gasteiger partial charge in [0.2, 0.25) is 0 Å². The fourth-order valence-corrected chi connectivity index (χ4v) is 4.35. The molecule has 6 heteroatoms. The Balaban J connectivity index is 1.48. The highest BCUT2D eigenvalue weighted by Gasteiger charge is 2.29. The molecule has 2 aromatic rings. The molecule has 0 saturated carbocycles. The monoisotopic (exact) mass is 407 g/mol. The minimum absolute atomic E-state index is 0.316. The van der Waals surface area contributed by atoms with Crippen molar-refractivity contribution in [2.75, 3.05) is 32.5 Å². The minimum atomic E-state index is -3.17. The van der Waals surface area contributed by atoms with Gasteiger partial charge in [-0.05, 0) is 54.3 Å². The third-order valence-corrected chi connectivity index (χ3v) is 6.53. The maximum absolute atomic E-state index is 11.5. The Morgan fingerprint density at radius 3 is 2.56 bits per heavy atom. The number of rotatable bonds is 7. The normalized spacial score (nSPS) is 20.7. The molecule has 0 aliphatic carbocycles. The van der Waals surface area contributed by atoms with E-state index in [1.165, 1.54) is 11.8 Å². The molecule has 1 aliphatic heterocycles. The van der Waals surface area contributed by atoms with E-state index in [4.69, 9.17) is 16.3 Å². The Kier molecular flexibility index (Phi) is 6.45. The Morgan fingerprint density at radius 2 is 1.89 bits per heavy atom. The quantitative estimate of drug-likeness (QED) is 0.697. The molecule has 146 valence electrons. The van der Waals surface area contributed by atoms with Crippen molar-refractivity contribution in [3.63, 3.8) is 0 Å². The van der Waals surface area contributed by atoms with Crippen LogP contribution in [0.3, 0.4) is 0 Å². The highest BCUT2D eigenvalue weighted by atomic mass is 35.5. The lowest BCUT2D eigenvalue weighted by Gasteiger charge is -2.17. The standard InChI is InChI=1S/C21H26ClNO3S/c1-16-13-23(11-10-17-4-3-5-19(22)12-17)14-18(16)15-26-20-6-8-21(9-7-20)27(2,24)25/h3-9,12,16,18H,10-11,13-15H2,1-2H3/t16?,18-/m1/s1. The van der Waals surface area contributed by atoms with E-state index < -0.39 is 9.84 Å². The Morgan fingerprint density at radius 1 is 1.15 bits per heavy atom. The second-order valence-corrected chi connectivity index (χ2v) is 9.88. The van der Waals surface area contributed by atoms with Crippen molar-refractivity contribution >= 4 is 21.4 Å². The SMILES string of the molecule is CC1CN(CCc2cccc(Cl)c2)C[C@@H]1COc1ccc(S(C)(=O)=O)cc1. The molecular weight excluding hydrogens is 382 g/mol. The first kappa shape index (κ1) is 20.2. The lowest BCUT2D eigenvalue weighted by atomic mass is 9.99. The molecule has 0 N–H and O–H groups in total. The largest absolute Gasteiger partial charge is 0.493 e. The molecule has 4 nitrogen and oxygen atoms in total. The van der Waals surface area contributed by atoms with E-state index in [0.29, 0.717) is 29.1 Å². The first-order valence-electron chi connectivity index (χ1n) is 9.21. The van der Waals surface area contributed by atoms with E-state index in [2.05, 4.69) is 17.9 Å². The molecular formula is C21H26ClNO3S. The van der Waals surface area contributed by atoms with E-state index in [9.17, 15) is 8.42 Å². The summed E-state index contributed by atoms with van der Waals surface area (Å²) in [6.45, 7) is 6.02. The Bertz CT molecular complexity index is 867. The van der Waals surface area contributed by atoms with Crippen LogP contribution in [0.25, 0.3) is 0 Å². The first-order valence-corrected chi connectivity index (χ1v) is 11.5. The number of halogens is 1. The number of benzene rings is 2. The number of nitrogens with zero attached hydrogens (tertiary/aromatic N) is 1. The lowest BCUT2D eigenvalue weighted by molar-refractivity contribution is 0.225. The van der Waals surface area contributed by atoms with E-state index in [-0.39, 0.29) is 0 Å². The minimum Gasteiger partial charge on any atom is -0.493 e.